The van der Waals surface area contributed by atoms with Gasteiger partial charge < -0.3 is 0 Å². The standard InChI is InChI=1S/C18H34O4/c1-13(2)9-11-17(5,6)15(19)21-22-16(20)18(7,8)12-10-14(3)4/h13-14H,9-12H2,1-8H3. The van der Waals surface area contributed by atoms with E-state index >= 15 is 0 Å². The van der Waals surface area contributed by atoms with Crippen LogP contribution in [-0.4, -0.2) is 11.9 Å². The molecule has 0 unspecified atom stereocenters. The van der Waals surface area contributed by atoms with Crippen LogP contribution in [0.1, 0.15) is 81.1 Å². The summed E-state index contributed by atoms with van der Waals surface area (Å²) < 4.78 is 0. The number of carbonyl (C=O) groups excluding carboxylic acids is 2. The zero-order valence-electron chi connectivity index (χ0n) is 15.6. The number of hydrogen-bond acceptors (Lipinski definition) is 4. The highest BCUT2D eigenvalue weighted by molar-refractivity contribution is 5.79. The highest BCUT2D eigenvalue weighted by atomic mass is 17.2. The molecule has 0 saturated carbocycles. The Balaban J connectivity index is 4.41. The fourth-order valence-corrected chi connectivity index (χ4v) is 1.80. The summed E-state index contributed by atoms with van der Waals surface area (Å²) >= 11 is 0. The quantitative estimate of drug-likeness (QED) is 0.471. The molecule has 0 amide bonds. The molecule has 0 radical (unpaired) electrons. The van der Waals surface area contributed by atoms with Crippen molar-refractivity contribution >= 4 is 11.9 Å². The summed E-state index contributed by atoms with van der Waals surface area (Å²) in [4.78, 5) is 33.8. The Morgan fingerprint density at radius 1 is 0.727 bits per heavy atom. The maximum Gasteiger partial charge on any atom is 0.361 e. The molecule has 22 heavy (non-hydrogen) atoms. The molecule has 0 aliphatic carbocycles. The van der Waals surface area contributed by atoms with Crippen molar-refractivity contribution in [2.75, 3.05) is 0 Å². The molecular weight excluding hydrogens is 280 g/mol. The topological polar surface area (TPSA) is 52.6 Å². The largest absolute Gasteiger partial charge is 0.361 e. The van der Waals surface area contributed by atoms with Gasteiger partial charge in [-0.3, -0.25) is 0 Å². The minimum absolute atomic E-state index is 0.485. The Labute approximate surface area is 135 Å². The number of carbonyl (C=O) groups is 2. The van der Waals surface area contributed by atoms with Crippen molar-refractivity contribution in [2.45, 2.75) is 81.1 Å². The SMILES string of the molecule is CC(C)CCC(C)(C)C(=O)OOC(=O)C(C)(C)CCC(C)C. The van der Waals surface area contributed by atoms with Gasteiger partial charge >= 0.3 is 11.9 Å². The van der Waals surface area contributed by atoms with E-state index in [1.807, 2.05) is 27.7 Å². The Morgan fingerprint density at radius 2 is 1.00 bits per heavy atom. The summed E-state index contributed by atoms with van der Waals surface area (Å²) in [6.45, 7) is 15.7. The van der Waals surface area contributed by atoms with E-state index in [-0.39, 0.29) is 0 Å². The van der Waals surface area contributed by atoms with Crippen molar-refractivity contribution < 1.29 is 19.4 Å². The Morgan fingerprint density at radius 3 is 1.23 bits per heavy atom. The number of hydrogen-bond donors (Lipinski definition) is 0. The van der Waals surface area contributed by atoms with E-state index in [0.717, 1.165) is 12.8 Å². The fourth-order valence-electron chi connectivity index (χ4n) is 1.80. The van der Waals surface area contributed by atoms with Gasteiger partial charge in [0.1, 0.15) is 0 Å². The third-order valence-electron chi connectivity index (χ3n) is 3.99. The summed E-state index contributed by atoms with van der Waals surface area (Å²) in [5.41, 5.74) is -1.29. The van der Waals surface area contributed by atoms with E-state index in [1.165, 1.54) is 0 Å². The Hall–Kier alpha value is -1.06. The highest BCUT2D eigenvalue weighted by Crippen LogP contribution is 2.29. The molecular formula is C18H34O4. The van der Waals surface area contributed by atoms with Gasteiger partial charge in [-0.15, -0.1) is 0 Å². The lowest BCUT2D eigenvalue weighted by molar-refractivity contribution is -0.272. The van der Waals surface area contributed by atoms with Crippen molar-refractivity contribution in [3.05, 3.63) is 0 Å². The van der Waals surface area contributed by atoms with Gasteiger partial charge in [0.25, 0.3) is 0 Å². The first-order valence-corrected chi connectivity index (χ1v) is 8.32. The van der Waals surface area contributed by atoms with E-state index in [0.29, 0.717) is 24.7 Å². The molecule has 0 saturated heterocycles. The molecule has 4 heteroatoms. The minimum atomic E-state index is -0.646. The van der Waals surface area contributed by atoms with Crippen LogP contribution in [0.4, 0.5) is 0 Å². The summed E-state index contributed by atoms with van der Waals surface area (Å²) in [5.74, 6) is 0.0662. The molecule has 0 atom stereocenters. The van der Waals surface area contributed by atoms with Gasteiger partial charge in [0.05, 0.1) is 10.8 Å². The fraction of sp³-hybridized carbons (Fsp3) is 0.889. The average molecular weight is 314 g/mol. The maximum atomic E-state index is 12.1. The van der Waals surface area contributed by atoms with Crippen LogP contribution in [0, 0.1) is 22.7 Å². The molecule has 0 rings (SSSR count). The molecule has 0 aromatic heterocycles. The van der Waals surface area contributed by atoms with Gasteiger partial charge in [0, 0.05) is 0 Å². The first-order chi connectivity index (χ1) is 9.88. The smallest absolute Gasteiger partial charge is 0.247 e. The molecule has 0 heterocycles. The molecule has 0 N–H and O–H groups in total. The lowest BCUT2D eigenvalue weighted by atomic mass is 9.85. The molecule has 4 nitrogen and oxygen atoms in total. The average Bonchev–Trinajstić information content (AvgIpc) is 2.39. The van der Waals surface area contributed by atoms with Crippen LogP contribution in [0.2, 0.25) is 0 Å². The van der Waals surface area contributed by atoms with Crippen LogP contribution >= 0.6 is 0 Å². The van der Waals surface area contributed by atoms with E-state index in [1.54, 1.807) is 0 Å². The van der Waals surface area contributed by atoms with Crippen LogP contribution in [0.15, 0.2) is 0 Å². The zero-order valence-corrected chi connectivity index (χ0v) is 15.6. The molecule has 0 bridgehead atoms. The lowest BCUT2D eigenvalue weighted by Gasteiger charge is -2.24. The highest BCUT2D eigenvalue weighted by Gasteiger charge is 2.35. The molecule has 130 valence electrons. The minimum Gasteiger partial charge on any atom is -0.247 e. The van der Waals surface area contributed by atoms with Gasteiger partial charge in [0.2, 0.25) is 0 Å². The van der Waals surface area contributed by atoms with E-state index in [4.69, 9.17) is 9.78 Å². The van der Waals surface area contributed by atoms with Crippen molar-refractivity contribution in [3.8, 4) is 0 Å². The second kappa shape index (κ2) is 8.54. The monoisotopic (exact) mass is 314 g/mol. The van der Waals surface area contributed by atoms with Crippen LogP contribution in [0.3, 0.4) is 0 Å². The third-order valence-corrected chi connectivity index (χ3v) is 3.99. The van der Waals surface area contributed by atoms with Gasteiger partial charge in [-0.1, -0.05) is 27.7 Å². The van der Waals surface area contributed by atoms with Crippen LogP contribution in [0.25, 0.3) is 0 Å². The summed E-state index contributed by atoms with van der Waals surface area (Å²) in [5, 5.41) is 0. The van der Waals surface area contributed by atoms with E-state index < -0.39 is 22.8 Å². The predicted molar refractivity (Wildman–Crippen MR) is 87.9 cm³/mol. The van der Waals surface area contributed by atoms with Gasteiger partial charge in [0.15, 0.2) is 0 Å². The second-order valence-corrected chi connectivity index (χ2v) is 8.37. The van der Waals surface area contributed by atoms with Crippen molar-refractivity contribution in [1.29, 1.82) is 0 Å². The summed E-state index contributed by atoms with van der Waals surface area (Å²) in [6, 6.07) is 0. The first kappa shape index (κ1) is 20.9. The predicted octanol–water partition coefficient (Wildman–Crippen LogP) is 4.91. The van der Waals surface area contributed by atoms with Crippen LogP contribution < -0.4 is 0 Å². The first-order valence-electron chi connectivity index (χ1n) is 8.32. The Kier molecular flexibility index (Phi) is 8.13. The molecule has 0 aromatic rings. The van der Waals surface area contributed by atoms with Crippen molar-refractivity contribution in [1.82, 2.24) is 0 Å². The van der Waals surface area contributed by atoms with E-state index in [2.05, 4.69) is 27.7 Å². The summed E-state index contributed by atoms with van der Waals surface area (Å²) in [7, 11) is 0. The van der Waals surface area contributed by atoms with Gasteiger partial charge in [-0.25, -0.2) is 19.4 Å². The summed E-state index contributed by atoms with van der Waals surface area (Å²) in [6.07, 6.45) is 3.27. The number of rotatable bonds is 8. The van der Waals surface area contributed by atoms with Crippen molar-refractivity contribution in [2.24, 2.45) is 22.7 Å². The molecule has 0 aliphatic rings. The normalized spacial score (nSPS) is 12.6. The molecule has 0 spiro atoms. The molecule has 0 aliphatic heterocycles. The van der Waals surface area contributed by atoms with Crippen LogP contribution in [0.5, 0.6) is 0 Å². The Bertz CT molecular complexity index is 331. The maximum absolute atomic E-state index is 12.1. The van der Waals surface area contributed by atoms with E-state index in [9.17, 15) is 9.59 Å². The second-order valence-electron chi connectivity index (χ2n) is 8.37. The van der Waals surface area contributed by atoms with Gasteiger partial charge in [-0.2, -0.15) is 0 Å². The molecule has 0 fully saturated rings. The van der Waals surface area contributed by atoms with Crippen LogP contribution in [-0.2, 0) is 19.4 Å². The van der Waals surface area contributed by atoms with Gasteiger partial charge in [-0.05, 0) is 65.2 Å². The third kappa shape index (κ3) is 7.81. The molecule has 0 aromatic carbocycles. The zero-order chi connectivity index (χ0) is 17.6. The lowest BCUT2D eigenvalue weighted by Crippen LogP contribution is -2.32. The van der Waals surface area contributed by atoms with Crippen molar-refractivity contribution in [3.63, 3.8) is 0 Å².